The molecule has 1 unspecified atom stereocenters. The van der Waals surface area contributed by atoms with Gasteiger partial charge in [-0.2, -0.15) is 0 Å². The molecule has 120 valence electrons. The molecule has 0 saturated heterocycles. The molecule has 1 aromatic carbocycles. The number of carbonyl (C=O) groups is 2. The lowest BCUT2D eigenvalue weighted by molar-refractivity contribution is -0.128. The van der Waals surface area contributed by atoms with Crippen molar-refractivity contribution >= 4 is 17.5 Å². The molecule has 1 N–H and O–H groups in total. The molecule has 23 heavy (non-hydrogen) atoms. The van der Waals surface area contributed by atoms with Crippen LogP contribution in [-0.2, 0) is 16.1 Å². The second kappa shape index (κ2) is 6.51. The highest BCUT2D eigenvalue weighted by atomic mass is 16.5. The van der Waals surface area contributed by atoms with E-state index in [4.69, 9.17) is 4.74 Å². The second-order valence-corrected chi connectivity index (χ2v) is 5.30. The van der Waals surface area contributed by atoms with Crippen LogP contribution in [0.2, 0.25) is 0 Å². The number of hydrogen-bond donors (Lipinski definition) is 1. The Morgan fingerprint density at radius 3 is 3.00 bits per heavy atom. The molecule has 1 atom stereocenters. The maximum Gasteiger partial charge on any atom is 0.268 e. The molecule has 2 heterocycles. The van der Waals surface area contributed by atoms with Gasteiger partial charge in [-0.05, 0) is 19.1 Å². The van der Waals surface area contributed by atoms with Gasteiger partial charge in [-0.1, -0.05) is 12.1 Å². The molecule has 7 nitrogen and oxygen atoms in total. The number of ether oxygens (including phenoxy) is 1. The Balaban J connectivity index is 1.62. The summed E-state index contributed by atoms with van der Waals surface area (Å²) >= 11 is 0. The number of benzene rings is 1. The van der Waals surface area contributed by atoms with Gasteiger partial charge in [-0.3, -0.25) is 14.5 Å². The van der Waals surface area contributed by atoms with Crippen molar-refractivity contribution in [2.75, 3.05) is 18.0 Å². The van der Waals surface area contributed by atoms with Gasteiger partial charge in [0.1, 0.15) is 12.3 Å². The van der Waals surface area contributed by atoms with Gasteiger partial charge in [-0.25, -0.2) is 4.98 Å². The first kappa shape index (κ1) is 15.1. The average Bonchev–Trinajstić information content (AvgIpc) is 3.05. The van der Waals surface area contributed by atoms with Crippen molar-refractivity contribution in [2.24, 2.45) is 0 Å². The maximum absolute atomic E-state index is 12.3. The van der Waals surface area contributed by atoms with Gasteiger partial charge in [-0.15, -0.1) is 0 Å². The first-order valence-corrected chi connectivity index (χ1v) is 7.44. The van der Waals surface area contributed by atoms with Gasteiger partial charge < -0.3 is 14.6 Å². The molecular weight excluding hydrogens is 296 g/mol. The van der Waals surface area contributed by atoms with Gasteiger partial charge in [0, 0.05) is 25.5 Å². The molecule has 0 bridgehead atoms. The molecule has 7 heteroatoms. The first-order chi connectivity index (χ1) is 11.1. The monoisotopic (exact) mass is 314 g/mol. The molecule has 0 radical (unpaired) electrons. The maximum atomic E-state index is 12.3. The molecule has 1 aliphatic rings. The lowest BCUT2D eigenvalue weighted by atomic mass is 10.2. The summed E-state index contributed by atoms with van der Waals surface area (Å²) in [4.78, 5) is 29.8. The molecule has 1 aromatic heterocycles. The Labute approximate surface area is 133 Å². The minimum Gasteiger partial charge on any atom is -0.479 e. The van der Waals surface area contributed by atoms with Crippen LogP contribution in [-0.4, -0.2) is 40.6 Å². The zero-order chi connectivity index (χ0) is 16.2. The highest BCUT2D eigenvalue weighted by Gasteiger charge is 2.32. The van der Waals surface area contributed by atoms with Gasteiger partial charge in [0.25, 0.3) is 5.91 Å². The fraction of sp³-hybridized carbons (Fsp3) is 0.312. The summed E-state index contributed by atoms with van der Waals surface area (Å²) in [7, 11) is 0. The molecule has 0 aliphatic carbocycles. The predicted molar refractivity (Wildman–Crippen MR) is 84.1 cm³/mol. The van der Waals surface area contributed by atoms with E-state index in [1.807, 2.05) is 22.9 Å². The summed E-state index contributed by atoms with van der Waals surface area (Å²) in [6, 6.07) is 7.22. The minimum absolute atomic E-state index is 0.0204. The fourth-order valence-electron chi connectivity index (χ4n) is 2.46. The minimum atomic E-state index is -0.594. The predicted octanol–water partition coefficient (Wildman–Crippen LogP) is 0.813. The first-order valence-electron chi connectivity index (χ1n) is 7.44. The van der Waals surface area contributed by atoms with Crippen molar-refractivity contribution in [3.05, 3.63) is 43.0 Å². The Morgan fingerprint density at radius 2 is 2.22 bits per heavy atom. The molecule has 3 rings (SSSR count). The normalized spacial score (nSPS) is 16.7. The van der Waals surface area contributed by atoms with Crippen LogP contribution in [0, 0.1) is 0 Å². The lowest BCUT2D eigenvalue weighted by Gasteiger charge is -2.32. The van der Waals surface area contributed by atoms with Crippen LogP contribution in [0.15, 0.2) is 43.0 Å². The Hall–Kier alpha value is -2.83. The summed E-state index contributed by atoms with van der Waals surface area (Å²) in [5.41, 5.74) is 0.625. The van der Waals surface area contributed by atoms with Crippen LogP contribution in [0.3, 0.4) is 0 Å². The number of nitrogens with zero attached hydrogens (tertiary/aromatic N) is 3. The number of nitrogens with one attached hydrogen (secondary N) is 1. The number of hydrogen-bond acceptors (Lipinski definition) is 4. The Kier molecular flexibility index (Phi) is 4.27. The number of para-hydroxylation sites is 2. The fourth-order valence-corrected chi connectivity index (χ4v) is 2.46. The summed E-state index contributed by atoms with van der Waals surface area (Å²) in [6.45, 7) is 2.77. The van der Waals surface area contributed by atoms with Crippen LogP contribution in [0.5, 0.6) is 5.75 Å². The van der Waals surface area contributed by atoms with Crippen LogP contribution in [0.25, 0.3) is 0 Å². The van der Waals surface area contributed by atoms with Crippen LogP contribution < -0.4 is 15.0 Å². The Bertz CT molecular complexity index is 699. The molecule has 0 saturated carbocycles. The third kappa shape index (κ3) is 3.33. The van der Waals surface area contributed by atoms with Gasteiger partial charge in [0.15, 0.2) is 6.10 Å². The largest absolute Gasteiger partial charge is 0.479 e. The van der Waals surface area contributed by atoms with E-state index in [0.717, 1.165) is 0 Å². The lowest BCUT2D eigenvalue weighted by Crippen LogP contribution is -2.49. The van der Waals surface area contributed by atoms with E-state index in [1.54, 1.807) is 31.6 Å². The van der Waals surface area contributed by atoms with E-state index in [9.17, 15) is 9.59 Å². The summed E-state index contributed by atoms with van der Waals surface area (Å²) in [5.74, 6) is 0.196. The molecule has 0 fully saturated rings. The van der Waals surface area contributed by atoms with Crippen molar-refractivity contribution < 1.29 is 14.3 Å². The average molecular weight is 314 g/mol. The van der Waals surface area contributed by atoms with Gasteiger partial charge in [0.2, 0.25) is 5.91 Å². The van der Waals surface area contributed by atoms with Crippen molar-refractivity contribution in [1.29, 1.82) is 0 Å². The van der Waals surface area contributed by atoms with E-state index in [0.29, 0.717) is 24.5 Å². The zero-order valence-corrected chi connectivity index (χ0v) is 12.8. The van der Waals surface area contributed by atoms with E-state index >= 15 is 0 Å². The third-order valence-corrected chi connectivity index (χ3v) is 3.63. The quantitative estimate of drug-likeness (QED) is 0.886. The van der Waals surface area contributed by atoms with Crippen LogP contribution in [0.4, 0.5) is 5.69 Å². The number of fused-ring (bicyclic) bond motifs is 1. The van der Waals surface area contributed by atoms with Crippen LogP contribution in [0.1, 0.15) is 6.92 Å². The second-order valence-electron chi connectivity index (χ2n) is 5.30. The molecular formula is C16H18N4O3. The summed E-state index contributed by atoms with van der Waals surface area (Å²) in [6.07, 6.45) is 4.61. The number of anilines is 1. The van der Waals surface area contributed by atoms with E-state index in [1.165, 1.54) is 4.90 Å². The number of aromatic nitrogens is 2. The van der Waals surface area contributed by atoms with E-state index in [2.05, 4.69) is 10.3 Å². The molecule has 2 amide bonds. The SMILES string of the molecule is CC1Oc2ccccc2N(CC(=O)NCCn2ccnc2)C1=O. The highest BCUT2D eigenvalue weighted by Crippen LogP contribution is 2.33. The third-order valence-electron chi connectivity index (χ3n) is 3.63. The highest BCUT2D eigenvalue weighted by molar-refractivity contribution is 6.03. The smallest absolute Gasteiger partial charge is 0.268 e. The number of amides is 2. The van der Waals surface area contributed by atoms with Gasteiger partial charge in [0.05, 0.1) is 12.0 Å². The number of imidazole rings is 1. The summed E-state index contributed by atoms with van der Waals surface area (Å²) in [5, 5.41) is 2.81. The summed E-state index contributed by atoms with van der Waals surface area (Å²) < 4.78 is 7.43. The van der Waals surface area contributed by atoms with E-state index < -0.39 is 6.10 Å². The number of rotatable bonds is 5. The number of carbonyl (C=O) groups excluding carboxylic acids is 2. The van der Waals surface area contributed by atoms with Crippen molar-refractivity contribution in [1.82, 2.24) is 14.9 Å². The molecule has 1 aliphatic heterocycles. The zero-order valence-electron chi connectivity index (χ0n) is 12.8. The van der Waals surface area contributed by atoms with Crippen molar-refractivity contribution in [2.45, 2.75) is 19.6 Å². The van der Waals surface area contributed by atoms with Crippen LogP contribution >= 0.6 is 0 Å². The molecule has 0 spiro atoms. The van der Waals surface area contributed by atoms with E-state index in [-0.39, 0.29) is 18.4 Å². The van der Waals surface area contributed by atoms with Crippen molar-refractivity contribution in [3.63, 3.8) is 0 Å². The van der Waals surface area contributed by atoms with Gasteiger partial charge >= 0.3 is 0 Å². The molecule has 2 aromatic rings. The standard InChI is InChI=1S/C16H18N4O3/c1-12-16(22)20(13-4-2-3-5-14(13)23-12)10-15(21)18-7-9-19-8-6-17-11-19/h2-6,8,11-12H,7,9-10H2,1H3,(H,18,21). The Morgan fingerprint density at radius 1 is 1.39 bits per heavy atom. The van der Waals surface area contributed by atoms with Crippen molar-refractivity contribution in [3.8, 4) is 5.75 Å². The topological polar surface area (TPSA) is 76.5 Å².